The van der Waals surface area contributed by atoms with Crippen LogP contribution in [0.15, 0.2) is 18.2 Å². The Morgan fingerprint density at radius 1 is 1.32 bits per heavy atom. The van der Waals surface area contributed by atoms with E-state index >= 15 is 0 Å². The predicted molar refractivity (Wildman–Crippen MR) is 78.5 cm³/mol. The molecule has 4 heteroatoms. The predicted octanol–water partition coefficient (Wildman–Crippen LogP) is 3.19. The highest BCUT2D eigenvalue weighted by molar-refractivity contribution is 5.76. The third-order valence-electron chi connectivity index (χ3n) is 3.13. The molecule has 4 nitrogen and oxygen atoms in total. The second-order valence-electron chi connectivity index (χ2n) is 4.89. The number of rotatable bonds is 7. The molecular weight excluding hydrogens is 238 g/mol. The van der Waals surface area contributed by atoms with Gasteiger partial charge in [-0.1, -0.05) is 13.3 Å². The first kappa shape index (κ1) is 13.9. The van der Waals surface area contributed by atoms with Crippen molar-refractivity contribution in [1.29, 1.82) is 0 Å². The smallest absolute Gasteiger partial charge is 0.121 e. The maximum absolute atomic E-state index is 5.50. The third-order valence-corrected chi connectivity index (χ3v) is 3.13. The Hall–Kier alpha value is -1.55. The van der Waals surface area contributed by atoms with Crippen LogP contribution in [0.1, 0.15) is 32.5 Å². The normalized spacial score (nSPS) is 11.4. The lowest BCUT2D eigenvalue weighted by molar-refractivity contribution is 0.314. The van der Waals surface area contributed by atoms with Gasteiger partial charge in [0.15, 0.2) is 0 Å². The van der Waals surface area contributed by atoms with Gasteiger partial charge >= 0.3 is 0 Å². The topological polar surface area (TPSA) is 41.2 Å². The van der Waals surface area contributed by atoms with Crippen molar-refractivity contribution >= 4 is 11.0 Å². The lowest BCUT2D eigenvalue weighted by Crippen LogP contribution is -2.19. The van der Waals surface area contributed by atoms with Gasteiger partial charge in [0.05, 0.1) is 24.2 Å². The number of aromatic amines is 1. The van der Waals surface area contributed by atoms with Crippen molar-refractivity contribution in [3.8, 4) is 5.75 Å². The minimum Gasteiger partial charge on any atom is -0.494 e. The van der Waals surface area contributed by atoms with Crippen LogP contribution in [0, 0.1) is 0 Å². The molecule has 1 aromatic heterocycles. The minimum atomic E-state index is 0.687. The lowest BCUT2D eigenvalue weighted by Gasteiger charge is -2.13. The largest absolute Gasteiger partial charge is 0.494 e. The van der Waals surface area contributed by atoms with Crippen molar-refractivity contribution in [2.24, 2.45) is 0 Å². The zero-order chi connectivity index (χ0) is 13.7. The molecule has 104 valence electrons. The molecule has 19 heavy (non-hydrogen) atoms. The molecule has 0 amide bonds. The molecule has 1 aromatic carbocycles. The van der Waals surface area contributed by atoms with Gasteiger partial charge in [-0.25, -0.2) is 4.98 Å². The van der Waals surface area contributed by atoms with E-state index in [1.807, 2.05) is 25.1 Å². The number of ether oxygens (including phenoxy) is 1. The summed E-state index contributed by atoms with van der Waals surface area (Å²) >= 11 is 0. The zero-order valence-electron chi connectivity index (χ0n) is 12.1. The molecular formula is C15H23N3O. The molecule has 0 saturated carbocycles. The Morgan fingerprint density at radius 3 is 2.89 bits per heavy atom. The molecule has 0 radical (unpaired) electrons. The number of nitrogens with zero attached hydrogens (tertiary/aromatic N) is 2. The molecule has 0 unspecified atom stereocenters. The summed E-state index contributed by atoms with van der Waals surface area (Å²) < 4.78 is 5.50. The first-order valence-corrected chi connectivity index (χ1v) is 7.03. The van der Waals surface area contributed by atoms with Crippen LogP contribution >= 0.6 is 0 Å². The lowest BCUT2D eigenvalue weighted by atomic mass is 10.3. The average molecular weight is 261 g/mol. The fourth-order valence-corrected chi connectivity index (χ4v) is 2.14. The van der Waals surface area contributed by atoms with E-state index in [0.717, 1.165) is 35.7 Å². The Kier molecular flexibility index (Phi) is 4.80. The summed E-state index contributed by atoms with van der Waals surface area (Å²) in [5, 5.41) is 0. The molecule has 0 spiro atoms. The Bertz CT molecular complexity index is 521. The summed E-state index contributed by atoms with van der Waals surface area (Å²) in [4.78, 5) is 10.3. The number of nitrogens with one attached hydrogen (secondary N) is 1. The number of benzene rings is 1. The molecule has 1 heterocycles. The number of aromatic nitrogens is 2. The average Bonchev–Trinajstić information content (AvgIpc) is 2.78. The van der Waals surface area contributed by atoms with Crippen LogP contribution in [-0.4, -0.2) is 35.1 Å². The molecule has 0 bridgehead atoms. The highest BCUT2D eigenvalue weighted by Crippen LogP contribution is 2.19. The summed E-state index contributed by atoms with van der Waals surface area (Å²) in [5.74, 6) is 1.91. The standard InChI is InChI=1S/C15H23N3O/c1-4-6-9-18(3)11-15-16-13-8-7-12(19-5-2)10-14(13)17-15/h7-8,10H,4-6,9,11H2,1-3H3,(H,16,17). The van der Waals surface area contributed by atoms with Crippen molar-refractivity contribution < 1.29 is 4.74 Å². The third kappa shape index (κ3) is 3.70. The highest BCUT2D eigenvalue weighted by atomic mass is 16.5. The van der Waals surface area contributed by atoms with E-state index in [-0.39, 0.29) is 0 Å². The Morgan fingerprint density at radius 2 is 2.16 bits per heavy atom. The van der Waals surface area contributed by atoms with Crippen LogP contribution < -0.4 is 4.74 Å². The van der Waals surface area contributed by atoms with Gasteiger partial charge in [-0.2, -0.15) is 0 Å². The van der Waals surface area contributed by atoms with Gasteiger partial charge in [0.1, 0.15) is 11.6 Å². The molecule has 0 saturated heterocycles. The van der Waals surface area contributed by atoms with Crippen LogP contribution in [0.5, 0.6) is 5.75 Å². The first-order chi connectivity index (χ1) is 9.22. The minimum absolute atomic E-state index is 0.687. The molecule has 0 aliphatic rings. The molecule has 1 N–H and O–H groups in total. The molecule has 0 aliphatic carbocycles. The van der Waals surface area contributed by atoms with Gasteiger partial charge in [0, 0.05) is 6.07 Å². The summed E-state index contributed by atoms with van der Waals surface area (Å²) in [6.07, 6.45) is 2.45. The fraction of sp³-hybridized carbons (Fsp3) is 0.533. The van der Waals surface area contributed by atoms with Crippen molar-refractivity contribution in [1.82, 2.24) is 14.9 Å². The maximum atomic E-state index is 5.50. The van der Waals surface area contributed by atoms with Crippen LogP contribution in [0.3, 0.4) is 0 Å². The molecule has 0 fully saturated rings. The maximum Gasteiger partial charge on any atom is 0.121 e. The van der Waals surface area contributed by atoms with Crippen LogP contribution in [0.4, 0.5) is 0 Å². The van der Waals surface area contributed by atoms with Gasteiger partial charge < -0.3 is 9.72 Å². The van der Waals surface area contributed by atoms with E-state index in [4.69, 9.17) is 4.74 Å². The van der Waals surface area contributed by atoms with Crippen molar-refractivity contribution in [2.45, 2.75) is 33.2 Å². The quantitative estimate of drug-likeness (QED) is 0.832. The summed E-state index contributed by atoms with van der Waals surface area (Å²) in [6, 6.07) is 5.99. The van der Waals surface area contributed by atoms with Crippen molar-refractivity contribution in [3.05, 3.63) is 24.0 Å². The molecule has 2 aromatic rings. The second-order valence-corrected chi connectivity index (χ2v) is 4.89. The summed E-state index contributed by atoms with van der Waals surface area (Å²) in [6.45, 7) is 6.86. The summed E-state index contributed by atoms with van der Waals surface area (Å²) in [5.41, 5.74) is 2.05. The van der Waals surface area contributed by atoms with Gasteiger partial charge in [-0.15, -0.1) is 0 Å². The van der Waals surface area contributed by atoms with Gasteiger partial charge in [-0.3, -0.25) is 4.90 Å². The van der Waals surface area contributed by atoms with Gasteiger partial charge in [0.2, 0.25) is 0 Å². The van der Waals surface area contributed by atoms with E-state index in [9.17, 15) is 0 Å². The Balaban J connectivity index is 2.08. The number of fused-ring (bicyclic) bond motifs is 1. The van der Waals surface area contributed by atoms with E-state index < -0.39 is 0 Å². The van der Waals surface area contributed by atoms with E-state index in [2.05, 4.69) is 28.8 Å². The highest BCUT2D eigenvalue weighted by Gasteiger charge is 2.06. The van der Waals surface area contributed by atoms with Crippen molar-refractivity contribution in [3.63, 3.8) is 0 Å². The number of hydrogen-bond donors (Lipinski definition) is 1. The molecule has 0 aliphatic heterocycles. The SMILES string of the molecule is CCCCN(C)Cc1nc2ccc(OCC)cc2[nH]1. The monoisotopic (exact) mass is 261 g/mol. The number of imidazole rings is 1. The van der Waals surface area contributed by atoms with Crippen molar-refractivity contribution in [2.75, 3.05) is 20.2 Å². The van der Waals surface area contributed by atoms with Crippen LogP contribution in [-0.2, 0) is 6.54 Å². The number of H-pyrrole nitrogens is 1. The second kappa shape index (κ2) is 6.57. The van der Waals surface area contributed by atoms with Crippen LogP contribution in [0.25, 0.3) is 11.0 Å². The number of unbranched alkanes of at least 4 members (excludes halogenated alkanes) is 1. The Labute approximate surface area is 114 Å². The fourth-order valence-electron chi connectivity index (χ4n) is 2.14. The molecule has 0 atom stereocenters. The van der Waals surface area contributed by atoms with Crippen LogP contribution in [0.2, 0.25) is 0 Å². The molecule has 2 rings (SSSR count). The van der Waals surface area contributed by atoms with Gasteiger partial charge in [0.25, 0.3) is 0 Å². The van der Waals surface area contributed by atoms with E-state index in [1.54, 1.807) is 0 Å². The number of hydrogen-bond acceptors (Lipinski definition) is 3. The summed E-state index contributed by atoms with van der Waals surface area (Å²) in [7, 11) is 2.13. The van der Waals surface area contributed by atoms with E-state index in [0.29, 0.717) is 6.61 Å². The first-order valence-electron chi connectivity index (χ1n) is 7.03. The van der Waals surface area contributed by atoms with E-state index in [1.165, 1.54) is 12.8 Å². The van der Waals surface area contributed by atoms with Gasteiger partial charge in [-0.05, 0) is 39.1 Å². The zero-order valence-corrected chi connectivity index (χ0v) is 12.1.